The third-order valence-electron chi connectivity index (χ3n) is 4.86. The minimum atomic E-state index is -0.183. The molecular weight excluding hydrogens is 479 g/mol. The van der Waals surface area contributed by atoms with Gasteiger partial charge < -0.3 is 14.8 Å². The summed E-state index contributed by atoms with van der Waals surface area (Å²) in [5, 5.41) is 0.555. The van der Waals surface area contributed by atoms with E-state index in [1.54, 1.807) is 12.1 Å². The number of aromatic amines is 1. The van der Waals surface area contributed by atoms with E-state index in [0.29, 0.717) is 29.0 Å². The second-order valence-corrected chi connectivity index (χ2v) is 8.43. The van der Waals surface area contributed by atoms with Crippen molar-refractivity contribution in [3.05, 3.63) is 67.3 Å². The van der Waals surface area contributed by atoms with Crippen LogP contribution in [0.2, 0.25) is 0 Å². The molecule has 0 atom stereocenters. The van der Waals surface area contributed by atoms with Gasteiger partial charge in [0.2, 0.25) is 0 Å². The van der Waals surface area contributed by atoms with Gasteiger partial charge in [0.1, 0.15) is 12.4 Å². The zero-order valence-corrected chi connectivity index (χ0v) is 17.6. The van der Waals surface area contributed by atoms with Gasteiger partial charge in [-0.2, -0.15) is 0 Å². The van der Waals surface area contributed by atoms with E-state index in [0.717, 1.165) is 35.1 Å². The van der Waals surface area contributed by atoms with Crippen LogP contribution >= 0.6 is 31.9 Å². The molecule has 1 aliphatic heterocycles. The maximum Gasteiger partial charge on any atom is 0.259 e. The number of rotatable bonds is 3. The van der Waals surface area contributed by atoms with E-state index >= 15 is 0 Å². The molecular formula is C19H18Br2FN4O+. The molecule has 0 spiro atoms. The molecule has 5 nitrogen and oxygen atoms in total. The molecule has 140 valence electrons. The van der Waals surface area contributed by atoms with Crippen LogP contribution in [0.15, 0.2) is 50.1 Å². The Morgan fingerprint density at radius 2 is 1.93 bits per heavy atom. The predicted molar refractivity (Wildman–Crippen MR) is 111 cm³/mol. The quantitative estimate of drug-likeness (QED) is 0.585. The van der Waals surface area contributed by atoms with Crippen LogP contribution in [0.3, 0.4) is 0 Å². The van der Waals surface area contributed by atoms with E-state index in [1.807, 2.05) is 18.2 Å². The lowest BCUT2D eigenvalue weighted by Crippen LogP contribution is -3.13. The molecule has 3 aromatic rings. The number of hydrogen-bond donors (Lipinski definition) is 2. The van der Waals surface area contributed by atoms with Crippen LogP contribution in [-0.4, -0.2) is 36.1 Å². The summed E-state index contributed by atoms with van der Waals surface area (Å²) in [7, 11) is 0. The fraction of sp³-hybridized carbons (Fsp3) is 0.263. The van der Waals surface area contributed by atoms with E-state index in [2.05, 4.69) is 46.7 Å². The summed E-state index contributed by atoms with van der Waals surface area (Å²) < 4.78 is 15.6. The molecule has 1 fully saturated rings. The molecule has 1 aliphatic rings. The Morgan fingerprint density at radius 1 is 1.19 bits per heavy atom. The Kier molecular flexibility index (Phi) is 5.29. The summed E-state index contributed by atoms with van der Waals surface area (Å²) in [4.78, 5) is 23.4. The standard InChI is InChI=1S/C19H17Br2FN4O/c20-12-9-13-18(14(21)10-12)23-17(24-19(13)27)11-25-5-7-26(8-6-25)16-4-2-1-3-15(16)22/h1-4,9-10H,5-8,11H2,(H,23,24,27)/p+1. The third-order valence-corrected chi connectivity index (χ3v) is 5.92. The number of piperazine rings is 1. The number of para-hydroxylation sites is 1. The first-order valence-electron chi connectivity index (χ1n) is 8.72. The average molecular weight is 497 g/mol. The molecule has 0 saturated carbocycles. The van der Waals surface area contributed by atoms with Crippen molar-refractivity contribution in [2.45, 2.75) is 6.54 Å². The Balaban J connectivity index is 1.49. The smallest absolute Gasteiger partial charge is 0.259 e. The van der Waals surface area contributed by atoms with Crippen LogP contribution in [0.25, 0.3) is 10.9 Å². The van der Waals surface area contributed by atoms with Gasteiger partial charge in [0.05, 0.1) is 42.8 Å². The predicted octanol–water partition coefficient (Wildman–Crippen LogP) is 2.49. The highest BCUT2D eigenvalue weighted by molar-refractivity contribution is 9.11. The second-order valence-electron chi connectivity index (χ2n) is 6.66. The van der Waals surface area contributed by atoms with Gasteiger partial charge in [-0.15, -0.1) is 0 Å². The molecule has 0 aliphatic carbocycles. The van der Waals surface area contributed by atoms with Crippen LogP contribution in [0.5, 0.6) is 0 Å². The van der Waals surface area contributed by atoms with Crippen molar-refractivity contribution in [1.82, 2.24) is 9.97 Å². The summed E-state index contributed by atoms with van der Waals surface area (Å²) in [5.74, 6) is 0.488. The Morgan fingerprint density at radius 3 is 2.67 bits per heavy atom. The van der Waals surface area contributed by atoms with Gasteiger partial charge in [0.25, 0.3) is 5.56 Å². The monoisotopic (exact) mass is 495 g/mol. The lowest BCUT2D eigenvalue weighted by atomic mass is 10.2. The van der Waals surface area contributed by atoms with Crippen molar-refractivity contribution >= 4 is 48.5 Å². The largest absolute Gasteiger partial charge is 0.358 e. The number of benzene rings is 2. The second kappa shape index (κ2) is 7.69. The van der Waals surface area contributed by atoms with Gasteiger partial charge in [-0.3, -0.25) is 4.79 Å². The van der Waals surface area contributed by atoms with Crippen LogP contribution in [0.4, 0.5) is 10.1 Å². The summed E-state index contributed by atoms with van der Waals surface area (Å²) in [6, 6.07) is 10.5. The van der Waals surface area contributed by atoms with Crippen LogP contribution in [-0.2, 0) is 6.54 Å². The molecule has 4 rings (SSSR count). The molecule has 27 heavy (non-hydrogen) atoms. The highest BCUT2D eigenvalue weighted by Crippen LogP contribution is 2.25. The number of halogens is 3. The number of anilines is 1. The van der Waals surface area contributed by atoms with Crippen molar-refractivity contribution in [2.75, 3.05) is 31.1 Å². The Bertz CT molecular complexity index is 1050. The van der Waals surface area contributed by atoms with Gasteiger partial charge in [0, 0.05) is 8.95 Å². The first-order valence-corrected chi connectivity index (χ1v) is 10.3. The molecule has 2 aromatic carbocycles. The maximum atomic E-state index is 14.0. The lowest BCUT2D eigenvalue weighted by molar-refractivity contribution is -0.915. The maximum absolute atomic E-state index is 14.0. The minimum absolute atomic E-state index is 0.138. The van der Waals surface area contributed by atoms with Crippen LogP contribution in [0, 0.1) is 5.82 Å². The number of H-pyrrole nitrogens is 1. The number of nitrogens with zero attached hydrogens (tertiary/aromatic N) is 2. The molecule has 1 saturated heterocycles. The van der Waals surface area contributed by atoms with Crippen molar-refractivity contribution in [3.8, 4) is 0 Å². The van der Waals surface area contributed by atoms with E-state index in [1.165, 1.54) is 11.0 Å². The van der Waals surface area contributed by atoms with E-state index in [-0.39, 0.29) is 11.4 Å². The first-order chi connectivity index (χ1) is 13.0. The van der Waals surface area contributed by atoms with Gasteiger partial charge >= 0.3 is 0 Å². The summed E-state index contributed by atoms with van der Waals surface area (Å²) >= 11 is 6.89. The number of hydrogen-bond acceptors (Lipinski definition) is 3. The van der Waals surface area contributed by atoms with Crippen molar-refractivity contribution in [3.63, 3.8) is 0 Å². The van der Waals surface area contributed by atoms with Crippen LogP contribution < -0.4 is 15.4 Å². The average Bonchev–Trinajstić information content (AvgIpc) is 2.64. The minimum Gasteiger partial charge on any atom is -0.358 e. The van der Waals surface area contributed by atoms with Gasteiger partial charge in [0.15, 0.2) is 5.82 Å². The first kappa shape index (κ1) is 18.6. The molecule has 0 bridgehead atoms. The Labute approximate surface area is 172 Å². The number of fused-ring (bicyclic) bond motifs is 1. The zero-order chi connectivity index (χ0) is 19.0. The van der Waals surface area contributed by atoms with Gasteiger partial charge in [-0.25, -0.2) is 9.37 Å². The highest BCUT2D eigenvalue weighted by atomic mass is 79.9. The number of aromatic nitrogens is 2. The van der Waals surface area contributed by atoms with Crippen LogP contribution in [0.1, 0.15) is 5.82 Å². The lowest BCUT2D eigenvalue weighted by Gasteiger charge is -2.33. The number of quaternary nitrogens is 1. The van der Waals surface area contributed by atoms with E-state index in [9.17, 15) is 9.18 Å². The molecule has 8 heteroatoms. The molecule has 0 amide bonds. The summed E-state index contributed by atoms with van der Waals surface area (Å²) in [6.45, 7) is 3.89. The summed E-state index contributed by atoms with van der Waals surface area (Å²) in [6.07, 6.45) is 0. The van der Waals surface area contributed by atoms with E-state index < -0.39 is 0 Å². The molecule has 2 N–H and O–H groups in total. The molecule has 2 heterocycles. The number of nitrogens with one attached hydrogen (secondary N) is 2. The fourth-order valence-corrected chi connectivity index (χ4v) is 4.80. The third kappa shape index (κ3) is 3.93. The van der Waals surface area contributed by atoms with E-state index in [4.69, 9.17) is 0 Å². The van der Waals surface area contributed by atoms with Gasteiger partial charge in [-0.05, 0) is 40.2 Å². The van der Waals surface area contributed by atoms with Crippen molar-refractivity contribution in [1.29, 1.82) is 0 Å². The fourth-order valence-electron chi connectivity index (χ4n) is 3.48. The topological polar surface area (TPSA) is 53.4 Å². The molecule has 0 unspecified atom stereocenters. The highest BCUT2D eigenvalue weighted by Gasteiger charge is 2.23. The Hall–Kier alpha value is -1.77. The van der Waals surface area contributed by atoms with Crippen molar-refractivity contribution in [2.24, 2.45) is 0 Å². The van der Waals surface area contributed by atoms with Gasteiger partial charge in [-0.1, -0.05) is 28.1 Å². The summed E-state index contributed by atoms with van der Waals surface area (Å²) in [5.41, 5.74) is 1.19. The molecule has 1 aromatic heterocycles. The zero-order valence-electron chi connectivity index (χ0n) is 14.4. The molecule has 0 radical (unpaired) electrons. The van der Waals surface area contributed by atoms with Crippen molar-refractivity contribution < 1.29 is 9.29 Å². The normalized spacial score (nSPS) is 15.4. The SMILES string of the molecule is O=c1[nH]c(C[NH+]2CCN(c3ccccc3F)CC2)nc2c(Br)cc(Br)cc12.